The van der Waals surface area contributed by atoms with Crippen LogP contribution in [0.1, 0.15) is 0 Å². The maximum atomic E-state index is 12.1. The second-order valence-corrected chi connectivity index (χ2v) is 3.09. The molecule has 0 nitrogen and oxygen atoms in total. The van der Waals surface area contributed by atoms with Gasteiger partial charge < -0.3 is 0 Å². The lowest BCUT2D eigenvalue weighted by molar-refractivity contribution is -0.350. The van der Waals surface area contributed by atoms with Crippen LogP contribution >= 0.6 is 23.2 Å². The first kappa shape index (κ1) is 13.1. The van der Waals surface area contributed by atoms with Gasteiger partial charge in [-0.2, -0.15) is 30.7 Å². The van der Waals surface area contributed by atoms with E-state index in [4.69, 9.17) is 0 Å². The highest BCUT2D eigenvalue weighted by molar-refractivity contribution is 6.45. The molecule has 0 aromatic rings. The molecule has 80 valence electrons. The molecule has 0 aromatic heterocycles. The summed E-state index contributed by atoms with van der Waals surface area (Å²) in [6.07, 6.45) is -6.39. The summed E-state index contributed by atoms with van der Waals surface area (Å²) in [5.74, 6) is -11.8. The number of alkyl halides is 9. The van der Waals surface area contributed by atoms with Crippen LogP contribution in [0.5, 0.6) is 0 Å². The molecule has 0 fully saturated rings. The molecule has 0 unspecified atom stereocenters. The van der Waals surface area contributed by atoms with E-state index in [1.165, 1.54) is 0 Å². The Morgan fingerprint density at radius 2 is 1.08 bits per heavy atom. The third-order valence-electron chi connectivity index (χ3n) is 1.05. The van der Waals surface area contributed by atoms with Gasteiger partial charge in [0.05, 0.1) is 0 Å². The van der Waals surface area contributed by atoms with Crippen molar-refractivity contribution in [1.29, 1.82) is 0 Å². The summed E-state index contributed by atoms with van der Waals surface area (Å²) in [6.45, 7) is 0. The molecule has 13 heavy (non-hydrogen) atoms. The minimum Gasteiger partial charge on any atom is -0.196 e. The standard InChI is InChI=1S/C4HCl2F7/c5-1(6)2(7,8)3(9,10)4(11,12)13/h1H. The van der Waals surface area contributed by atoms with Gasteiger partial charge in [-0.15, -0.1) is 0 Å². The van der Waals surface area contributed by atoms with Crippen LogP contribution < -0.4 is 0 Å². The molecular weight excluding hydrogens is 252 g/mol. The minimum atomic E-state index is -6.39. The van der Waals surface area contributed by atoms with Gasteiger partial charge in [0, 0.05) is 0 Å². The van der Waals surface area contributed by atoms with Crippen LogP contribution in [0.3, 0.4) is 0 Å². The maximum absolute atomic E-state index is 12.1. The van der Waals surface area contributed by atoms with Crippen molar-refractivity contribution >= 4 is 23.2 Å². The predicted octanol–water partition coefficient (Wildman–Crippen LogP) is 3.62. The highest BCUT2D eigenvalue weighted by atomic mass is 35.5. The summed E-state index contributed by atoms with van der Waals surface area (Å²) >= 11 is 8.59. The van der Waals surface area contributed by atoms with Gasteiger partial charge in [0.15, 0.2) is 4.84 Å². The summed E-state index contributed by atoms with van der Waals surface area (Å²) in [6, 6.07) is 0. The van der Waals surface area contributed by atoms with Gasteiger partial charge in [0.25, 0.3) is 0 Å². The molecule has 0 aromatic carbocycles. The zero-order valence-corrected chi connectivity index (χ0v) is 6.99. The molecule has 0 spiro atoms. The quantitative estimate of drug-likeness (QED) is 0.520. The lowest BCUT2D eigenvalue weighted by Crippen LogP contribution is -2.55. The monoisotopic (exact) mass is 252 g/mol. The van der Waals surface area contributed by atoms with Gasteiger partial charge in [0.2, 0.25) is 0 Å². The van der Waals surface area contributed by atoms with E-state index >= 15 is 0 Å². The Hall–Kier alpha value is 0.0900. The van der Waals surface area contributed by atoms with E-state index in [1.807, 2.05) is 0 Å². The Bertz CT molecular complexity index is 183. The Kier molecular flexibility index (Phi) is 3.37. The van der Waals surface area contributed by atoms with Gasteiger partial charge in [-0.25, -0.2) is 0 Å². The first-order chi connectivity index (χ1) is 5.44. The molecule has 0 saturated heterocycles. The van der Waals surface area contributed by atoms with E-state index in [9.17, 15) is 30.7 Å². The normalized spacial score (nSPS) is 15.2. The molecule has 0 heterocycles. The number of rotatable bonds is 2. The van der Waals surface area contributed by atoms with Gasteiger partial charge in [-0.3, -0.25) is 0 Å². The fourth-order valence-corrected chi connectivity index (χ4v) is 0.600. The lowest BCUT2D eigenvalue weighted by atomic mass is 10.2. The van der Waals surface area contributed by atoms with Crippen LogP contribution in [-0.2, 0) is 0 Å². The van der Waals surface area contributed by atoms with Gasteiger partial charge in [-0.1, -0.05) is 23.2 Å². The highest BCUT2D eigenvalue weighted by Crippen LogP contribution is 2.49. The average Bonchev–Trinajstić information content (AvgIpc) is 1.84. The molecule has 0 N–H and O–H groups in total. The van der Waals surface area contributed by atoms with Gasteiger partial charge in [-0.05, 0) is 0 Å². The molecule has 0 aliphatic heterocycles. The predicted molar refractivity (Wildman–Crippen MR) is 31.4 cm³/mol. The van der Waals surface area contributed by atoms with Crippen molar-refractivity contribution in [2.45, 2.75) is 22.9 Å². The van der Waals surface area contributed by atoms with Crippen LogP contribution in [0.4, 0.5) is 30.7 Å². The van der Waals surface area contributed by atoms with E-state index in [2.05, 4.69) is 23.2 Å². The van der Waals surface area contributed by atoms with E-state index in [-0.39, 0.29) is 0 Å². The zero-order chi connectivity index (χ0) is 11.1. The molecular formula is C4HCl2F7. The first-order valence-electron chi connectivity index (χ1n) is 2.55. The summed E-state index contributed by atoms with van der Waals surface area (Å²) in [5, 5.41) is 0. The summed E-state index contributed by atoms with van der Waals surface area (Å²) in [5.41, 5.74) is 0. The van der Waals surface area contributed by atoms with E-state index in [1.54, 1.807) is 0 Å². The topological polar surface area (TPSA) is 0 Å². The molecule has 0 aliphatic carbocycles. The number of hydrogen-bond acceptors (Lipinski definition) is 0. The lowest BCUT2D eigenvalue weighted by Gasteiger charge is -2.28. The van der Waals surface area contributed by atoms with Crippen molar-refractivity contribution in [3.05, 3.63) is 0 Å². The van der Waals surface area contributed by atoms with Gasteiger partial charge in [0.1, 0.15) is 0 Å². The van der Waals surface area contributed by atoms with Crippen molar-refractivity contribution in [1.82, 2.24) is 0 Å². The zero-order valence-electron chi connectivity index (χ0n) is 5.48. The Morgan fingerprint density at radius 3 is 1.15 bits per heavy atom. The van der Waals surface area contributed by atoms with Crippen LogP contribution in [0.25, 0.3) is 0 Å². The fourth-order valence-electron chi connectivity index (χ4n) is 0.326. The second-order valence-electron chi connectivity index (χ2n) is 2.00. The molecule has 0 amide bonds. The van der Waals surface area contributed by atoms with Crippen LogP contribution in [-0.4, -0.2) is 22.9 Å². The highest BCUT2D eigenvalue weighted by Gasteiger charge is 2.75. The first-order valence-corrected chi connectivity index (χ1v) is 3.42. The van der Waals surface area contributed by atoms with Crippen molar-refractivity contribution in [3.8, 4) is 0 Å². The molecule has 0 saturated carbocycles. The summed E-state index contributed by atoms with van der Waals surface area (Å²) in [7, 11) is 0. The van der Waals surface area contributed by atoms with Crippen LogP contribution in [0.2, 0.25) is 0 Å². The number of hydrogen-bond donors (Lipinski definition) is 0. The van der Waals surface area contributed by atoms with E-state index < -0.39 is 22.9 Å². The van der Waals surface area contributed by atoms with Crippen molar-refractivity contribution in [3.63, 3.8) is 0 Å². The maximum Gasteiger partial charge on any atom is 0.459 e. The SMILES string of the molecule is FC(F)(F)C(F)(F)C(F)(F)C(Cl)Cl. The molecule has 0 bridgehead atoms. The molecule has 0 atom stereocenters. The van der Waals surface area contributed by atoms with Crippen molar-refractivity contribution in [2.24, 2.45) is 0 Å². The van der Waals surface area contributed by atoms with Crippen LogP contribution in [0, 0.1) is 0 Å². The third-order valence-corrected chi connectivity index (χ3v) is 1.60. The van der Waals surface area contributed by atoms with E-state index in [0.717, 1.165) is 0 Å². The van der Waals surface area contributed by atoms with Crippen LogP contribution in [0.15, 0.2) is 0 Å². The Balaban J connectivity index is 5.04. The summed E-state index contributed by atoms with van der Waals surface area (Å²) < 4.78 is 82.0. The second kappa shape index (κ2) is 3.34. The molecule has 0 radical (unpaired) electrons. The van der Waals surface area contributed by atoms with Gasteiger partial charge >= 0.3 is 18.0 Å². The third kappa shape index (κ3) is 2.12. The largest absolute Gasteiger partial charge is 0.459 e. The number of halogens is 9. The fraction of sp³-hybridized carbons (Fsp3) is 1.00. The molecule has 0 aliphatic rings. The minimum absolute atomic E-state index is 3.14. The molecule has 9 heteroatoms. The smallest absolute Gasteiger partial charge is 0.196 e. The summed E-state index contributed by atoms with van der Waals surface area (Å²) in [4.78, 5) is -3.14. The Morgan fingerprint density at radius 1 is 0.769 bits per heavy atom. The molecule has 0 rings (SSSR count). The average molecular weight is 253 g/mol. The van der Waals surface area contributed by atoms with E-state index in [0.29, 0.717) is 0 Å². The Labute approximate surface area is 77.6 Å². The van der Waals surface area contributed by atoms with Crippen molar-refractivity contribution in [2.75, 3.05) is 0 Å². The van der Waals surface area contributed by atoms with Crippen molar-refractivity contribution < 1.29 is 30.7 Å².